The van der Waals surface area contributed by atoms with Crippen molar-refractivity contribution in [3.8, 4) is 16.9 Å². The molecule has 0 atom stereocenters. The van der Waals surface area contributed by atoms with Crippen molar-refractivity contribution >= 4 is 11.7 Å². The number of H-pyrrole nitrogens is 1. The Labute approximate surface area is 163 Å². The molecule has 0 radical (unpaired) electrons. The number of methoxy groups -OCH3 is 1. The van der Waals surface area contributed by atoms with Gasteiger partial charge < -0.3 is 15.4 Å². The first-order chi connectivity index (χ1) is 13.7. The number of piperidine rings is 1. The second-order valence-corrected chi connectivity index (χ2v) is 6.96. The van der Waals surface area contributed by atoms with E-state index in [-0.39, 0.29) is 0 Å². The van der Waals surface area contributed by atoms with Crippen molar-refractivity contribution in [2.45, 2.75) is 18.8 Å². The molecule has 0 saturated carbocycles. The third-order valence-electron chi connectivity index (χ3n) is 5.31. The van der Waals surface area contributed by atoms with Gasteiger partial charge in [-0.25, -0.2) is 4.98 Å². The summed E-state index contributed by atoms with van der Waals surface area (Å²) in [5.41, 5.74) is 9.25. The largest absolute Gasteiger partial charge is 0.497 e. The molecule has 7 nitrogen and oxygen atoms in total. The molecule has 0 aliphatic carbocycles. The third kappa shape index (κ3) is 3.55. The molecule has 0 bridgehead atoms. The van der Waals surface area contributed by atoms with E-state index in [0.29, 0.717) is 11.5 Å². The Morgan fingerprint density at radius 3 is 2.82 bits per heavy atom. The molecule has 1 amide bonds. The Morgan fingerprint density at radius 2 is 2.07 bits per heavy atom. The third-order valence-corrected chi connectivity index (χ3v) is 5.31. The molecule has 0 unspecified atom stereocenters. The van der Waals surface area contributed by atoms with Crippen LogP contribution in [0.4, 0.5) is 5.82 Å². The number of hydrogen-bond acceptors (Lipinski definition) is 5. The Morgan fingerprint density at radius 1 is 1.25 bits per heavy atom. The number of amides is 1. The normalized spacial score (nSPS) is 14.8. The van der Waals surface area contributed by atoms with Crippen molar-refractivity contribution in [1.82, 2.24) is 15.2 Å². The summed E-state index contributed by atoms with van der Waals surface area (Å²) in [4.78, 5) is 18.0. The SMILES string of the molecule is COc1cccc(-c2cn[nH]c2C2CCN(c3cc(C(N)=O)ccn3)CC2)c1. The highest BCUT2D eigenvalue weighted by Crippen LogP contribution is 2.35. The first-order valence-electron chi connectivity index (χ1n) is 9.34. The number of ether oxygens (including phenoxy) is 1. The van der Waals surface area contributed by atoms with Crippen LogP contribution in [0.15, 0.2) is 48.8 Å². The second-order valence-electron chi connectivity index (χ2n) is 6.96. The van der Waals surface area contributed by atoms with Crippen molar-refractivity contribution in [2.24, 2.45) is 5.73 Å². The monoisotopic (exact) mass is 377 g/mol. The summed E-state index contributed by atoms with van der Waals surface area (Å²) in [5, 5.41) is 7.50. The summed E-state index contributed by atoms with van der Waals surface area (Å²) in [6.07, 6.45) is 5.47. The van der Waals surface area contributed by atoms with Gasteiger partial charge in [0.2, 0.25) is 5.91 Å². The summed E-state index contributed by atoms with van der Waals surface area (Å²) in [6, 6.07) is 11.4. The standard InChI is InChI=1S/C21H23N5O2/c1-28-17-4-2-3-15(11-17)18-13-24-25-20(18)14-6-9-26(10-7-14)19-12-16(21(22)27)5-8-23-19/h2-5,8,11-14H,6-7,9-10H2,1H3,(H2,22,27)(H,24,25). The molecule has 28 heavy (non-hydrogen) atoms. The highest BCUT2D eigenvalue weighted by atomic mass is 16.5. The number of carbonyl (C=O) groups excluding carboxylic acids is 1. The van der Waals surface area contributed by atoms with Crippen LogP contribution in [0.3, 0.4) is 0 Å². The number of rotatable bonds is 5. The minimum Gasteiger partial charge on any atom is -0.497 e. The maximum absolute atomic E-state index is 11.4. The number of primary amides is 1. The van der Waals surface area contributed by atoms with Gasteiger partial charge in [0.15, 0.2) is 0 Å². The molecular weight excluding hydrogens is 354 g/mol. The van der Waals surface area contributed by atoms with Gasteiger partial charge in [-0.05, 0) is 42.7 Å². The van der Waals surface area contributed by atoms with Gasteiger partial charge in [0.05, 0.1) is 13.3 Å². The molecule has 4 rings (SSSR count). The molecule has 2 aromatic heterocycles. The lowest BCUT2D eigenvalue weighted by molar-refractivity contribution is 0.1000. The van der Waals surface area contributed by atoms with Gasteiger partial charge in [-0.15, -0.1) is 0 Å². The maximum atomic E-state index is 11.4. The van der Waals surface area contributed by atoms with Crippen molar-refractivity contribution in [2.75, 3.05) is 25.1 Å². The lowest BCUT2D eigenvalue weighted by Crippen LogP contribution is -2.34. The van der Waals surface area contributed by atoms with E-state index in [0.717, 1.165) is 54.3 Å². The van der Waals surface area contributed by atoms with Gasteiger partial charge >= 0.3 is 0 Å². The van der Waals surface area contributed by atoms with Crippen LogP contribution in [0.5, 0.6) is 5.75 Å². The van der Waals surface area contributed by atoms with E-state index >= 15 is 0 Å². The summed E-state index contributed by atoms with van der Waals surface area (Å²) in [7, 11) is 1.67. The van der Waals surface area contributed by atoms with Crippen LogP contribution in [-0.2, 0) is 0 Å². The van der Waals surface area contributed by atoms with Crippen molar-refractivity contribution < 1.29 is 9.53 Å². The lowest BCUT2D eigenvalue weighted by Gasteiger charge is -2.32. The number of aromatic amines is 1. The zero-order chi connectivity index (χ0) is 19.5. The van der Waals surface area contributed by atoms with Crippen LogP contribution in [0, 0.1) is 0 Å². The number of benzene rings is 1. The van der Waals surface area contributed by atoms with E-state index in [1.807, 2.05) is 24.4 Å². The molecule has 7 heteroatoms. The molecule has 3 aromatic rings. The van der Waals surface area contributed by atoms with E-state index < -0.39 is 5.91 Å². The molecular formula is C21H23N5O2. The topological polar surface area (TPSA) is 97.1 Å². The predicted molar refractivity (Wildman–Crippen MR) is 108 cm³/mol. The number of carbonyl (C=O) groups is 1. The molecule has 0 spiro atoms. The van der Waals surface area contributed by atoms with Crippen LogP contribution < -0.4 is 15.4 Å². The summed E-state index contributed by atoms with van der Waals surface area (Å²) in [6.45, 7) is 1.72. The molecule has 1 aromatic carbocycles. The van der Waals surface area contributed by atoms with Crippen molar-refractivity contribution in [1.29, 1.82) is 0 Å². The molecule has 1 aliphatic rings. The number of nitrogens with one attached hydrogen (secondary N) is 1. The Bertz CT molecular complexity index is 976. The number of aromatic nitrogens is 3. The zero-order valence-corrected chi connectivity index (χ0v) is 15.8. The summed E-state index contributed by atoms with van der Waals surface area (Å²) >= 11 is 0. The van der Waals surface area contributed by atoms with Gasteiger partial charge in [-0.1, -0.05) is 12.1 Å². The van der Waals surface area contributed by atoms with Crippen LogP contribution >= 0.6 is 0 Å². The van der Waals surface area contributed by atoms with E-state index in [1.165, 1.54) is 0 Å². The van der Waals surface area contributed by atoms with E-state index in [9.17, 15) is 4.79 Å². The first-order valence-corrected chi connectivity index (χ1v) is 9.34. The van der Waals surface area contributed by atoms with Crippen molar-refractivity contribution in [3.63, 3.8) is 0 Å². The van der Waals surface area contributed by atoms with Crippen LogP contribution in [0.25, 0.3) is 11.1 Å². The molecule has 1 aliphatic heterocycles. The quantitative estimate of drug-likeness (QED) is 0.712. The van der Waals surface area contributed by atoms with Gasteiger partial charge in [0.25, 0.3) is 0 Å². The average Bonchev–Trinajstić information content (AvgIpc) is 3.24. The fraction of sp³-hybridized carbons (Fsp3) is 0.286. The highest BCUT2D eigenvalue weighted by molar-refractivity contribution is 5.93. The van der Waals surface area contributed by atoms with Gasteiger partial charge in [0, 0.05) is 42.0 Å². The molecule has 1 saturated heterocycles. The minimum absolute atomic E-state index is 0.388. The molecule has 3 N–H and O–H groups in total. The lowest BCUT2D eigenvalue weighted by atomic mass is 9.89. The van der Waals surface area contributed by atoms with Gasteiger partial charge in [-0.2, -0.15) is 5.10 Å². The highest BCUT2D eigenvalue weighted by Gasteiger charge is 2.25. The fourth-order valence-electron chi connectivity index (χ4n) is 3.77. The zero-order valence-electron chi connectivity index (χ0n) is 15.8. The van der Waals surface area contributed by atoms with Crippen LogP contribution in [0.2, 0.25) is 0 Å². The number of pyridine rings is 1. The molecule has 144 valence electrons. The predicted octanol–water partition coefficient (Wildman–Crippen LogP) is 2.96. The summed E-state index contributed by atoms with van der Waals surface area (Å²) < 4.78 is 5.35. The summed E-state index contributed by atoms with van der Waals surface area (Å²) in [5.74, 6) is 1.59. The Balaban J connectivity index is 1.50. The maximum Gasteiger partial charge on any atom is 0.248 e. The Kier molecular flexibility index (Phi) is 4.97. The fourth-order valence-corrected chi connectivity index (χ4v) is 3.77. The van der Waals surface area contributed by atoms with E-state index in [4.69, 9.17) is 10.5 Å². The smallest absolute Gasteiger partial charge is 0.248 e. The van der Waals surface area contributed by atoms with Crippen LogP contribution in [0.1, 0.15) is 34.8 Å². The average molecular weight is 377 g/mol. The number of anilines is 1. The Hall–Kier alpha value is -3.35. The second kappa shape index (κ2) is 7.72. The van der Waals surface area contributed by atoms with Crippen molar-refractivity contribution in [3.05, 3.63) is 60.0 Å². The number of hydrogen-bond donors (Lipinski definition) is 2. The van der Waals surface area contributed by atoms with Gasteiger partial charge in [0.1, 0.15) is 11.6 Å². The number of nitrogens with two attached hydrogens (primary N) is 1. The van der Waals surface area contributed by atoms with E-state index in [2.05, 4.69) is 26.1 Å². The molecule has 3 heterocycles. The first kappa shape index (κ1) is 18.0. The van der Waals surface area contributed by atoms with Gasteiger partial charge in [-0.3, -0.25) is 9.89 Å². The van der Waals surface area contributed by atoms with Crippen LogP contribution in [-0.4, -0.2) is 41.3 Å². The van der Waals surface area contributed by atoms with E-state index in [1.54, 1.807) is 25.4 Å². The molecule has 1 fully saturated rings. The minimum atomic E-state index is -0.432. The number of nitrogens with zero attached hydrogens (tertiary/aromatic N) is 3.